The molecule has 0 saturated heterocycles. The third kappa shape index (κ3) is 4.24. The Morgan fingerprint density at radius 2 is 2.05 bits per heavy atom. The van der Waals surface area contributed by atoms with Gasteiger partial charge in [-0.3, -0.25) is 4.79 Å². The third-order valence-electron chi connectivity index (χ3n) is 3.30. The van der Waals surface area contributed by atoms with E-state index in [4.69, 9.17) is 4.74 Å². The van der Waals surface area contributed by atoms with E-state index in [0.717, 1.165) is 22.4 Å². The van der Waals surface area contributed by atoms with Crippen molar-refractivity contribution in [1.29, 1.82) is 0 Å². The van der Waals surface area contributed by atoms with Crippen molar-refractivity contribution in [2.24, 2.45) is 0 Å². The number of nitrogens with one attached hydrogen (secondary N) is 1. The zero-order valence-electron chi connectivity index (χ0n) is 12.1. The third-order valence-corrected chi connectivity index (χ3v) is 3.30. The van der Waals surface area contributed by atoms with Crippen molar-refractivity contribution in [3.05, 3.63) is 28.8 Å². The van der Waals surface area contributed by atoms with E-state index in [2.05, 4.69) is 5.32 Å². The zero-order chi connectivity index (χ0) is 14.4. The van der Waals surface area contributed by atoms with Crippen LogP contribution in [0.1, 0.15) is 42.1 Å². The lowest BCUT2D eigenvalue weighted by Crippen LogP contribution is -2.17. The standard InChI is InChI=1S/C15H23NO3/c1-10-9-14(19-4)11(2)8-12(10)13(17)6-5-7-15(18)16-3/h8-9,13,17H,5-7H2,1-4H3,(H,16,18). The van der Waals surface area contributed by atoms with Gasteiger partial charge in [0.05, 0.1) is 13.2 Å². The fraction of sp³-hybridized carbons (Fsp3) is 0.533. The highest BCUT2D eigenvalue weighted by Gasteiger charge is 2.13. The van der Waals surface area contributed by atoms with E-state index in [1.807, 2.05) is 26.0 Å². The number of amides is 1. The second kappa shape index (κ2) is 7.14. The lowest BCUT2D eigenvalue weighted by molar-refractivity contribution is -0.120. The smallest absolute Gasteiger partial charge is 0.219 e. The van der Waals surface area contributed by atoms with Gasteiger partial charge in [0.25, 0.3) is 0 Å². The molecule has 2 N–H and O–H groups in total. The predicted octanol–water partition coefficient (Wildman–Crippen LogP) is 2.26. The summed E-state index contributed by atoms with van der Waals surface area (Å²) in [6.45, 7) is 3.91. The highest BCUT2D eigenvalue weighted by molar-refractivity contribution is 5.75. The molecule has 0 aromatic heterocycles. The molecule has 0 aliphatic rings. The Kier molecular flexibility index (Phi) is 5.83. The molecule has 0 fully saturated rings. The lowest BCUT2D eigenvalue weighted by Gasteiger charge is -2.16. The number of rotatable bonds is 6. The van der Waals surface area contributed by atoms with Crippen LogP contribution in [0.2, 0.25) is 0 Å². The van der Waals surface area contributed by atoms with Gasteiger partial charge in [0, 0.05) is 13.5 Å². The summed E-state index contributed by atoms with van der Waals surface area (Å²) < 4.78 is 5.25. The van der Waals surface area contributed by atoms with E-state index in [9.17, 15) is 9.90 Å². The van der Waals surface area contributed by atoms with E-state index in [-0.39, 0.29) is 5.91 Å². The van der Waals surface area contributed by atoms with Crippen molar-refractivity contribution < 1.29 is 14.6 Å². The Morgan fingerprint density at radius 3 is 2.63 bits per heavy atom. The Hall–Kier alpha value is -1.55. The number of hydrogen-bond donors (Lipinski definition) is 2. The Balaban J connectivity index is 2.69. The Morgan fingerprint density at radius 1 is 1.37 bits per heavy atom. The normalized spacial score (nSPS) is 12.1. The second-order valence-corrected chi connectivity index (χ2v) is 4.76. The summed E-state index contributed by atoms with van der Waals surface area (Å²) in [4.78, 5) is 11.1. The molecular weight excluding hydrogens is 242 g/mol. The summed E-state index contributed by atoms with van der Waals surface area (Å²) in [5.74, 6) is 0.841. The average Bonchev–Trinajstić information content (AvgIpc) is 2.40. The van der Waals surface area contributed by atoms with Crippen molar-refractivity contribution in [1.82, 2.24) is 5.32 Å². The predicted molar refractivity (Wildman–Crippen MR) is 75.3 cm³/mol. The maximum Gasteiger partial charge on any atom is 0.219 e. The molecule has 0 aliphatic heterocycles. The molecule has 106 valence electrons. The molecule has 0 heterocycles. The molecule has 1 unspecified atom stereocenters. The van der Waals surface area contributed by atoms with Crippen LogP contribution >= 0.6 is 0 Å². The van der Waals surface area contributed by atoms with Crippen LogP contribution in [0.5, 0.6) is 5.75 Å². The number of carbonyl (C=O) groups is 1. The first-order chi connectivity index (χ1) is 8.99. The van der Waals surface area contributed by atoms with Gasteiger partial charge >= 0.3 is 0 Å². The minimum Gasteiger partial charge on any atom is -0.496 e. The molecule has 1 rings (SSSR count). The minimum atomic E-state index is -0.533. The average molecular weight is 265 g/mol. The highest BCUT2D eigenvalue weighted by atomic mass is 16.5. The van der Waals surface area contributed by atoms with Gasteiger partial charge in [0.1, 0.15) is 5.75 Å². The van der Waals surface area contributed by atoms with Crippen LogP contribution in [0.3, 0.4) is 0 Å². The van der Waals surface area contributed by atoms with Gasteiger partial charge in [-0.2, -0.15) is 0 Å². The van der Waals surface area contributed by atoms with Crippen LogP contribution in [-0.4, -0.2) is 25.2 Å². The second-order valence-electron chi connectivity index (χ2n) is 4.76. The molecule has 1 amide bonds. The summed E-state index contributed by atoms with van der Waals surface area (Å²) in [5, 5.41) is 12.8. The van der Waals surface area contributed by atoms with Crippen LogP contribution in [0, 0.1) is 13.8 Å². The number of ether oxygens (including phenoxy) is 1. The summed E-state index contributed by atoms with van der Waals surface area (Å²) >= 11 is 0. The molecule has 1 aromatic carbocycles. The van der Waals surface area contributed by atoms with Crippen molar-refractivity contribution in [3.8, 4) is 5.75 Å². The first-order valence-electron chi connectivity index (χ1n) is 6.53. The molecule has 4 nitrogen and oxygen atoms in total. The Labute approximate surface area is 114 Å². The molecular formula is C15H23NO3. The number of hydrogen-bond acceptors (Lipinski definition) is 3. The number of aliphatic hydroxyl groups excluding tert-OH is 1. The van der Waals surface area contributed by atoms with Crippen molar-refractivity contribution in [3.63, 3.8) is 0 Å². The van der Waals surface area contributed by atoms with Crippen molar-refractivity contribution >= 4 is 5.91 Å². The van der Waals surface area contributed by atoms with E-state index < -0.39 is 6.10 Å². The molecule has 1 aromatic rings. The minimum absolute atomic E-state index is 0.00911. The quantitative estimate of drug-likeness (QED) is 0.829. The van der Waals surface area contributed by atoms with E-state index in [1.54, 1.807) is 14.2 Å². The molecule has 0 bridgehead atoms. The van der Waals surface area contributed by atoms with E-state index >= 15 is 0 Å². The number of benzene rings is 1. The molecule has 4 heteroatoms. The van der Waals surface area contributed by atoms with Crippen LogP contribution in [-0.2, 0) is 4.79 Å². The molecule has 0 radical (unpaired) electrons. The number of aryl methyl sites for hydroxylation is 2. The highest BCUT2D eigenvalue weighted by Crippen LogP contribution is 2.28. The first kappa shape index (κ1) is 15.5. The molecule has 19 heavy (non-hydrogen) atoms. The number of carbonyl (C=O) groups excluding carboxylic acids is 1. The van der Waals surface area contributed by atoms with Crippen molar-refractivity contribution in [2.45, 2.75) is 39.2 Å². The fourth-order valence-corrected chi connectivity index (χ4v) is 2.13. The number of methoxy groups -OCH3 is 1. The summed E-state index contributed by atoms with van der Waals surface area (Å²) in [7, 11) is 3.26. The van der Waals surface area contributed by atoms with Gasteiger partial charge in [-0.05, 0) is 55.5 Å². The van der Waals surface area contributed by atoms with Gasteiger partial charge in [0.15, 0.2) is 0 Å². The van der Waals surface area contributed by atoms with Gasteiger partial charge in [-0.1, -0.05) is 0 Å². The molecule has 0 aliphatic carbocycles. The number of aliphatic hydroxyl groups is 1. The maximum atomic E-state index is 11.1. The first-order valence-corrected chi connectivity index (χ1v) is 6.53. The zero-order valence-corrected chi connectivity index (χ0v) is 12.1. The molecule has 0 spiro atoms. The summed E-state index contributed by atoms with van der Waals surface area (Å²) in [5.41, 5.74) is 2.93. The van der Waals surface area contributed by atoms with E-state index in [1.165, 1.54) is 0 Å². The topological polar surface area (TPSA) is 58.6 Å². The molecule has 1 atom stereocenters. The largest absolute Gasteiger partial charge is 0.496 e. The fourth-order valence-electron chi connectivity index (χ4n) is 2.13. The van der Waals surface area contributed by atoms with Gasteiger partial charge < -0.3 is 15.2 Å². The van der Waals surface area contributed by atoms with Crippen LogP contribution < -0.4 is 10.1 Å². The van der Waals surface area contributed by atoms with Gasteiger partial charge in [0.2, 0.25) is 5.91 Å². The van der Waals surface area contributed by atoms with Gasteiger partial charge in [-0.25, -0.2) is 0 Å². The monoisotopic (exact) mass is 265 g/mol. The maximum absolute atomic E-state index is 11.1. The SMILES string of the molecule is CNC(=O)CCCC(O)c1cc(C)c(OC)cc1C. The Bertz CT molecular complexity index is 443. The summed E-state index contributed by atoms with van der Waals surface area (Å²) in [6.07, 6.45) is 1.17. The van der Waals surface area contributed by atoms with Crippen LogP contribution in [0.4, 0.5) is 0 Å². The van der Waals surface area contributed by atoms with E-state index in [0.29, 0.717) is 19.3 Å². The van der Waals surface area contributed by atoms with Crippen LogP contribution in [0.15, 0.2) is 12.1 Å². The lowest BCUT2D eigenvalue weighted by atomic mass is 9.96. The van der Waals surface area contributed by atoms with Gasteiger partial charge in [-0.15, -0.1) is 0 Å². The van der Waals surface area contributed by atoms with Crippen molar-refractivity contribution in [2.75, 3.05) is 14.2 Å². The van der Waals surface area contributed by atoms with Crippen LogP contribution in [0.25, 0.3) is 0 Å². The summed E-state index contributed by atoms with van der Waals surface area (Å²) in [6, 6.07) is 3.89. The molecule has 0 saturated carbocycles.